The number of para-hydroxylation sites is 1. The average molecular weight is 445 g/mol. The van der Waals surface area contributed by atoms with Gasteiger partial charge in [-0.15, -0.1) is 0 Å². The molecule has 0 spiro atoms. The van der Waals surface area contributed by atoms with Gasteiger partial charge in [-0.3, -0.25) is 9.52 Å². The molecule has 0 saturated heterocycles. The molecule has 8 heteroatoms. The lowest BCUT2D eigenvalue weighted by Crippen LogP contribution is -2.45. The highest BCUT2D eigenvalue weighted by Gasteiger charge is 2.28. The molecule has 3 rings (SSSR count). The predicted molar refractivity (Wildman–Crippen MR) is 118 cm³/mol. The molecule has 2 aromatic carbocycles. The monoisotopic (exact) mass is 444 g/mol. The van der Waals surface area contributed by atoms with Gasteiger partial charge in [0.15, 0.2) is 6.61 Å². The van der Waals surface area contributed by atoms with Crippen LogP contribution < -0.4 is 10.0 Å². The van der Waals surface area contributed by atoms with E-state index in [1.165, 1.54) is 24.3 Å². The summed E-state index contributed by atoms with van der Waals surface area (Å²) in [6.45, 7) is 3.94. The van der Waals surface area contributed by atoms with E-state index in [-0.39, 0.29) is 29.0 Å². The third-order valence-corrected chi connectivity index (χ3v) is 7.21. The molecule has 31 heavy (non-hydrogen) atoms. The molecule has 1 aliphatic rings. The Morgan fingerprint density at radius 3 is 2.35 bits per heavy atom. The number of sulfonamides is 1. The van der Waals surface area contributed by atoms with Gasteiger partial charge < -0.3 is 10.1 Å². The molecule has 0 radical (unpaired) electrons. The van der Waals surface area contributed by atoms with Crippen molar-refractivity contribution in [3.8, 4) is 0 Å². The first kappa shape index (κ1) is 22.8. The van der Waals surface area contributed by atoms with Gasteiger partial charge in [-0.25, -0.2) is 13.2 Å². The van der Waals surface area contributed by atoms with Crippen LogP contribution in [0.3, 0.4) is 0 Å². The van der Waals surface area contributed by atoms with E-state index in [9.17, 15) is 18.0 Å². The Bertz CT molecular complexity index is 1010. The van der Waals surface area contributed by atoms with Crippen LogP contribution in [0.2, 0.25) is 0 Å². The highest BCUT2D eigenvalue weighted by atomic mass is 32.2. The zero-order chi connectivity index (χ0) is 22.4. The van der Waals surface area contributed by atoms with Gasteiger partial charge in [-0.1, -0.05) is 44.9 Å². The molecule has 3 atom stereocenters. The molecule has 0 aliphatic heterocycles. The van der Waals surface area contributed by atoms with Gasteiger partial charge in [0.2, 0.25) is 0 Å². The number of ether oxygens (including phenoxy) is 1. The van der Waals surface area contributed by atoms with Gasteiger partial charge in [-0.05, 0) is 54.7 Å². The summed E-state index contributed by atoms with van der Waals surface area (Å²) in [6.07, 6.45) is 3.16. The van der Waals surface area contributed by atoms with Crippen molar-refractivity contribution in [2.24, 2.45) is 11.8 Å². The van der Waals surface area contributed by atoms with Crippen LogP contribution in [0.1, 0.15) is 43.5 Å². The highest BCUT2D eigenvalue weighted by molar-refractivity contribution is 7.92. The van der Waals surface area contributed by atoms with Crippen LogP contribution in [0.25, 0.3) is 0 Å². The zero-order valence-corrected chi connectivity index (χ0v) is 18.5. The Morgan fingerprint density at radius 1 is 1.00 bits per heavy atom. The smallest absolute Gasteiger partial charge is 0.338 e. The Balaban J connectivity index is 1.53. The topological polar surface area (TPSA) is 102 Å². The third-order valence-electron chi connectivity index (χ3n) is 5.81. The number of hydrogen-bond acceptors (Lipinski definition) is 5. The van der Waals surface area contributed by atoms with Crippen LogP contribution >= 0.6 is 0 Å². The van der Waals surface area contributed by atoms with Crippen LogP contribution in [0.5, 0.6) is 0 Å². The molecule has 2 N–H and O–H groups in total. The Labute approximate surface area is 183 Å². The van der Waals surface area contributed by atoms with Crippen molar-refractivity contribution in [1.29, 1.82) is 0 Å². The van der Waals surface area contributed by atoms with Crippen molar-refractivity contribution in [2.75, 3.05) is 11.3 Å². The van der Waals surface area contributed by atoms with E-state index < -0.39 is 16.0 Å². The number of amides is 1. The van der Waals surface area contributed by atoms with Crippen LogP contribution in [-0.4, -0.2) is 32.9 Å². The van der Waals surface area contributed by atoms with Crippen molar-refractivity contribution in [3.05, 3.63) is 60.2 Å². The van der Waals surface area contributed by atoms with E-state index in [0.717, 1.165) is 19.3 Å². The van der Waals surface area contributed by atoms with Crippen LogP contribution in [0, 0.1) is 11.8 Å². The lowest BCUT2D eigenvalue weighted by molar-refractivity contribution is -0.125. The number of esters is 1. The van der Waals surface area contributed by atoms with Gasteiger partial charge in [0.05, 0.1) is 10.5 Å². The Hall–Kier alpha value is -2.87. The summed E-state index contributed by atoms with van der Waals surface area (Å²) in [5.74, 6) is -0.0779. The average Bonchev–Trinajstić information content (AvgIpc) is 2.76. The fraction of sp³-hybridized carbons (Fsp3) is 0.391. The minimum absolute atomic E-state index is 0.0195. The number of carbonyl (C=O) groups excluding carboxylic acids is 2. The molecule has 1 amide bonds. The molecule has 3 unspecified atom stereocenters. The van der Waals surface area contributed by atoms with E-state index >= 15 is 0 Å². The zero-order valence-electron chi connectivity index (χ0n) is 17.7. The molecule has 0 heterocycles. The van der Waals surface area contributed by atoms with Gasteiger partial charge >= 0.3 is 5.97 Å². The lowest BCUT2D eigenvalue weighted by atomic mass is 9.78. The first-order chi connectivity index (χ1) is 14.8. The minimum Gasteiger partial charge on any atom is -0.452 e. The predicted octanol–water partition coefficient (Wildman–Crippen LogP) is 3.59. The van der Waals surface area contributed by atoms with Crippen LogP contribution in [0.4, 0.5) is 5.69 Å². The maximum absolute atomic E-state index is 12.5. The Kier molecular flexibility index (Phi) is 7.33. The van der Waals surface area contributed by atoms with E-state index in [4.69, 9.17) is 4.74 Å². The second-order valence-electron chi connectivity index (χ2n) is 8.01. The minimum atomic E-state index is -3.77. The van der Waals surface area contributed by atoms with Crippen molar-refractivity contribution in [3.63, 3.8) is 0 Å². The Morgan fingerprint density at radius 2 is 1.68 bits per heavy atom. The number of hydrogen-bond donors (Lipinski definition) is 2. The molecule has 2 aromatic rings. The molecular weight excluding hydrogens is 416 g/mol. The molecule has 0 aromatic heterocycles. The van der Waals surface area contributed by atoms with Gasteiger partial charge in [0.1, 0.15) is 0 Å². The van der Waals surface area contributed by atoms with Crippen LogP contribution in [-0.2, 0) is 19.6 Å². The van der Waals surface area contributed by atoms with Gasteiger partial charge in [-0.2, -0.15) is 0 Å². The second-order valence-corrected chi connectivity index (χ2v) is 9.70. The summed E-state index contributed by atoms with van der Waals surface area (Å²) in [6, 6.07) is 14.0. The largest absolute Gasteiger partial charge is 0.452 e. The fourth-order valence-corrected chi connectivity index (χ4v) is 4.80. The van der Waals surface area contributed by atoms with E-state index in [2.05, 4.69) is 23.9 Å². The molecule has 7 nitrogen and oxygen atoms in total. The summed E-state index contributed by atoms with van der Waals surface area (Å²) in [5, 5.41) is 2.95. The van der Waals surface area contributed by atoms with Crippen LogP contribution in [0.15, 0.2) is 59.5 Å². The van der Waals surface area contributed by atoms with E-state index in [1.54, 1.807) is 30.3 Å². The maximum Gasteiger partial charge on any atom is 0.338 e. The SMILES string of the molecule is CC1CCCC(NC(=O)COC(=O)c2ccc(S(=O)(=O)Nc3ccccc3)cc2)C1C. The summed E-state index contributed by atoms with van der Waals surface area (Å²) in [4.78, 5) is 24.4. The lowest BCUT2D eigenvalue weighted by Gasteiger charge is -2.34. The molecule has 0 bridgehead atoms. The number of benzene rings is 2. The number of rotatable bonds is 7. The summed E-state index contributed by atoms with van der Waals surface area (Å²) >= 11 is 0. The fourth-order valence-electron chi connectivity index (χ4n) is 3.74. The van der Waals surface area contributed by atoms with Crippen molar-refractivity contribution >= 4 is 27.6 Å². The standard InChI is InChI=1S/C23H28N2O5S/c1-16-7-6-10-21(17(16)2)24-22(26)15-30-23(27)18-11-13-20(14-12-18)31(28,29)25-19-8-4-3-5-9-19/h3-5,8-9,11-14,16-17,21,25H,6-7,10,15H2,1-2H3,(H,24,26). The van der Waals surface area contributed by atoms with E-state index in [1.807, 2.05) is 0 Å². The molecular formula is C23H28N2O5S. The highest BCUT2D eigenvalue weighted by Crippen LogP contribution is 2.29. The normalized spacial score (nSPS) is 21.2. The molecule has 1 aliphatic carbocycles. The summed E-state index contributed by atoms with van der Waals surface area (Å²) in [7, 11) is -3.77. The second kappa shape index (κ2) is 9.96. The van der Waals surface area contributed by atoms with E-state index in [0.29, 0.717) is 17.5 Å². The first-order valence-electron chi connectivity index (χ1n) is 10.4. The van der Waals surface area contributed by atoms with Crippen molar-refractivity contribution in [1.82, 2.24) is 5.32 Å². The molecule has 1 fully saturated rings. The number of carbonyl (C=O) groups is 2. The first-order valence-corrected chi connectivity index (χ1v) is 11.9. The van der Waals surface area contributed by atoms with Crippen molar-refractivity contribution < 1.29 is 22.7 Å². The van der Waals surface area contributed by atoms with Crippen molar-refractivity contribution in [2.45, 2.75) is 44.0 Å². The van der Waals surface area contributed by atoms with Gasteiger partial charge in [0, 0.05) is 11.7 Å². The van der Waals surface area contributed by atoms with Gasteiger partial charge in [0.25, 0.3) is 15.9 Å². The molecule has 1 saturated carbocycles. The maximum atomic E-state index is 12.5. The number of nitrogens with one attached hydrogen (secondary N) is 2. The quantitative estimate of drug-likeness (QED) is 0.636. The summed E-state index contributed by atoms with van der Waals surface area (Å²) in [5.41, 5.74) is 0.616. The number of anilines is 1. The molecule has 166 valence electrons. The summed E-state index contributed by atoms with van der Waals surface area (Å²) < 4.78 is 32.5. The third kappa shape index (κ3) is 6.07.